The molecule has 1 N–H and O–H groups in total. The van der Waals surface area contributed by atoms with Crippen molar-refractivity contribution in [2.75, 3.05) is 33.0 Å². The minimum Gasteiger partial charge on any atom is -0.467 e. The number of ether oxygens (including phenoxy) is 11. The lowest BCUT2D eigenvalue weighted by molar-refractivity contribution is -0.237. The van der Waals surface area contributed by atoms with E-state index in [2.05, 4.69) is 72.1 Å². The van der Waals surface area contributed by atoms with Crippen molar-refractivity contribution in [3.63, 3.8) is 0 Å². The number of aryl methyl sites for hydroxylation is 1. The maximum absolute atomic E-state index is 12.6. The van der Waals surface area contributed by atoms with E-state index in [1.807, 2.05) is 52.0 Å². The van der Waals surface area contributed by atoms with Gasteiger partial charge in [0.2, 0.25) is 5.78 Å². The van der Waals surface area contributed by atoms with E-state index in [9.17, 15) is 71.9 Å². The molecule has 6 rings (SSSR count). The molecular formula is C99H138N2O26. The van der Waals surface area contributed by atoms with Crippen molar-refractivity contribution in [3.05, 3.63) is 178 Å². The first kappa shape index (κ1) is 113. The molecule has 0 aliphatic carbocycles. The summed E-state index contributed by atoms with van der Waals surface area (Å²) in [4.78, 5) is 173. The number of nitrogens with zero attached hydrogens (tertiary/aromatic N) is 1. The van der Waals surface area contributed by atoms with Gasteiger partial charge in [-0.1, -0.05) is 200 Å². The van der Waals surface area contributed by atoms with Crippen molar-refractivity contribution in [3.8, 4) is 11.5 Å². The monoisotopic (exact) mass is 1770 g/mol. The highest BCUT2D eigenvalue weighted by Gasteiger charge is 2.51. The number of alkyl carbamates (subject to hydrolysis) is 1. The zero-order valence-corrected chi connectivity index (χ0v) is 79.1. The fourth-order valence-electron chi connectivity index (χ4n) is 11.8. The molecule has 0 spiro atoms. The van der Waals surface area contributed by atoms with Crippen molar-refractivity contribution >= 4 is 89.7 Å². The largest absolute Gasteiger partial charge is 0.467 e. The minimum atomic E-state index is -1.10. The zero-order valence-electron chi connectivity index (χ0n) is 79.1. The smallest absolute Gasteiger partial charge is 0.408 e. The Bertz CT molecular complexity index is 4400. The summed E-state index contributed by atoms with van der Waals surface area (Å²) in [6, 6.07) is 31.9. The molecule has 0 bridgehead atoms. The number of amides is 1. The molecule has 1 fully saturated rings. The summed E-state index contributed by atoms with van der Waals surface area (Å²) < 4.78 is 58.4. The van der Waals surface area contributed by atoms with Gasteiger partial charge < -0.3 is 62.0 Å². The maximum atomic E-state index is 12.6. The lowest BCUT2D eigenvalue weighted by atomic mass is 9.84. The number of hydrogen-bond donors (Lipinski definition) is 1. The third-order valence-electron chi connectivity index (χ3n) is 19.3. The highest BCUT2D eigenvalue weighted by atomic mass is 16.6. The van der Waals surface area contributed by atoms with Gasteiger partial charge in [0.05, 0.1) is 48.8 Å². The summed E-state index contributed by atoms with van der Waals surface area (Å²) in [6.45, 7) is 51.4. The number of hydrogen-bond acceptors (Lipinski definition) is 26. The second-order valence-corrected chi connectivity index (χ2v) is 34.0. The fraction of sp³-hybridized carbons (Fsp3) is 0.525. The molecule has 1 saturated heterocycles. The van der Waals surface area contributed by atoms with Gasteiger partial charge in [-0.05, 0) is 139 Å². The maximum Gasteiger partial charge on any atom is 0.408 e. The average molecular weight is 1770 g/mol. The molecule has 1 aliphatic heterocycles. The van der Waals surface area contributed by atoms with E-state index < -0.39 is 83.9 Å². The third-order valence-corrected chi connectivity index (χ3v) is 19.3. The Morgan fingerprint density at radius 3 is 1.50 bits per heavy atom. The van der Waals surface area contributed by atoms with E-state index in [-0.39, 0.29) is 121 Å². The van der Waals surface area contributed by atoms with Crippen LogP contribution in [0.25, 0.3) is 0 Å². The minimum absolute atomic E-state index is 0.000796. The topological polar surface area (TPSA) is 375 Å². The van der Waals surface area contributed by atoms with Gasteiger partial charge in [0, 0.05) is 76.1 Å². The number of rotatable bonds is 40. The van der Waals surface area contributed by atoms with Crippen LogP contribution in [0, 0.1) is 54.3 Å². The Labute approximate surface area is 750 Å². The number of carbonyl (C=O) groups excluding carboxylic acids is 15. The van der Waals surface area contributed by atoms with Gasteiger partial charge in [-0.3, -0.25) is 62.3 Å². The number of Topliss-reactive ketones (excluding diaryl/α,β-unsaturated/α-hetero) is 4. The van der Waals surface area contributed by atoms with Crippen LogP contribution in [0.3, 0.4) is 0 Å². The van der Waals surface area contributed by atoms with Gasteiger partial charge in [-0.25, -0.2) is 9.59 Å². The second kappa shape index (κ2) is 58.7. The first-order chi connectivity index (χ1) is 59.4. The fourth-order valence-corrected chi connectivity index (χ4v) is 11.8. The Hall–Kier alpha value is -11.6. The molecule has 5 aromatic rings. The number of allylic oxidation sites excluding steroid dienone is 2. The number of ketones is 5. The average Bonchev–Trinajstić information content (AvgIpc) is 1.38. The van der Waals surface area contributed by atoms with E-state index in [1.165, 1.54) is 38.8 Å². The van der Waals surface area contributed by atoms with E-state index in [4.69, 9.17) is 52.1 Å². The summed E-state index contributed by atoms with van der Waals surface area (Å²) in [7, 11) is 1.74. The molecule has 1 amide bonds. The number of esters is 7. The van der Waals surface area contributed by atoms with Gasteiger partial charge in [0.25, 0.3) is 12.9 Å². The van der Waals surface area contributed by atoms with Gasteiger partial charge in [0.1, 0.15) is 66.6 Å². The molecule has 28 nitrogen and oxygen atoms in total. The molecule has 700 valence electrons. The first-order valence-corrected chi connectivity index (χ1v) is 42.9. The van der Waals surface area contributed by atoms with Crippen LogP contribution in [0.1, 0.15) is 256 Å². The van der Waals surface area contributed by atoms with Crippen LogP contribution in [0.2, 0.25) is 0 Å². The summed E-state index contributed by atoms with van der Waals surface area (Å²) in [6.07, 6.45) is -0.196. The molecular weight excluding hydrogens is 1630 g/mol. The lowest BCUT2D eigenvalue weighted by Gasteiger charge is -2.44. The number of nitrogens with one attached hydrogen (secondary N) is 1. The van der Waals surface area contributed by atoms with Crippen molar-refractivity contribution < 1.29 is 124 Å². The van der Waals surface area contributed by atoms with E-state index in [1.54, 1.807) is 154 Å². The number of para-hydroxylation sites is 2. The Kier molecular flexibility index (Phi) is 52.4. The Balaban J connectivity index is 0.000000772. The summed E-state index contributed by atoms with van der Waals surface area (Å²) in [5.41, 5.74) is 7.74. The predicted octanol–water partition coefficient (Wildman–Crippen LogP) is 16.9. The van der Waals surface area contributed by atoms with Crippen LogP contribution in [-0.2, 0) is 115 Å². The van der Waals surface area contributed by atoms with Crippen LogP contribution in [0.4, 0.5) is 4.79 Å². The highest BCUT2D eigenvalue weighted by Crippen LogP contribution is 2.34. The van der Waals surface area contributed by atoms with Crippen LogP contribution in [0.5, 0.6) is 11.5 Å². The van der Waals surface area contributed by atoms with Crippen molar-refractivity contribution in [2.45, 2.75) is 253 Å². The second-order valence-electron chi connectivity index (χ2n) is 34.0. The van der Waals surface area contributed by atoms with Crippen LogP contribution < -0.4 is 14.8 Å². The number of carbonyl (C=O) groups is 15. The Morgan fingerprint density at radius 1 is 0.535 bits per heavy atom. The molecule has 4 aromatic carbocycles. The Morgan fingerprint density at radius 2 is 1.03 bits per heavy atom. The van der Waals surface area contributed by atoms with Gasteiger partial charge >= 0.3 is 47.9 Å². The lowest BCUT2D eigenvalue weighted by Crippen LogP contribution is -2.60. The van der Waals surface area contributed by atoms with Gasteiger partial charge in [-0.2, -0.15) is 0 Å². The number of aromatic nitrogens is 1. The van der Waals surface area contributed by atoms with Crippen molar-refractivity contribution in [1.82, 2.24) is 9.88 Å². The van der Waals surface area contributed by atoms with Gasteiger partial charge in [0.15, 0.2) is 23.5 Å². The molecule has 1 aromatic heterocycles. The zero-order chi connectivity index (χ0) is 96.7. The van der Waals surface area contributed by atoms with E-state index >= 15 is 0 Å². The standard InChI is InChI=1S/C21H32O2.C20H23NO4.C18H26O10.C17H22O4.C12H14O3.C11H21NO3/c1-15(2)14-19-9-11-20(12-10-19)18(6)21(22)23-13-7-8-17(5)16(3)4;1-13(2)18(22)12-25-19(23)11-16-9-10-17(21(16)4)20(24)15-7-5-14(3)6-8-15;1-10(2)14(23)5-15-18(27-12(4)22)17(26-11(3)21)13(6-24-8-19)16(28-15)7-25-9-20;1-12(2)13(3)8-7-11-20-17(19)15-9-5-6-10-16(15)21-14(4)18;1-8(2)12(14)10-6-4-5-7-11(10)15-9(3)13;1-7(2)9(13)8(3)12-10(14)15-11(4,5)6/h9-12,15-16,18H,5,7-8,13-14H2,1-4,6H3;5-10,13H,11-12H2,1-4H3;8-10,13,15-18H,5-7H2,1-4H3;5-6,9-10,12H,3,7-8,11H2,1-2,4H3;4-8H,1-3H3;7-8H,1-6H3,(H,12,14)/t;;13-,15?,16?,17+,18+;;;8-/m..1..1/s1. The molecule has 2 heterocycles. The normalized spacial score (nSPS) is 14.8. The van der Waals surface area contributed by atoms with Gasteiger partial charge in [-0.15, -0.1) is 0 Å². The molecule has 0 radical (unpaired) electrons. The molecule has 28 heteroatoms. The molecule has 1 aliphatic rings. The quantitative estimate of drug-likeness (QED) is 0.00724. The van der Waals surface area contributed by atoms with Crippen molar-refractivity contribution in [2.24, 2.45) is 54.4 Å². The van der Waals surface area contributed by atoms with Crippen molar-refractivity contribution in [1.29, 1.82) is 0 Å². The van der Waals surface area contributed by atoms with Crippen LogP contribution in [-0.4, -0.2) is 163 Å². The van der Waals surface area contributed by atoms with E-state index in [0.717, 1.165) is 48.8 Å². The number of benzene rings is 4. The summed E-state index contributed by atoms with van der Waals surface area (Å²) >= 11 is 0. The SMILES string of the molecule is C=C(CCCOC(=O)C(C)c1ccc(CC(C)C)cc1)C(C)C.C=C(CCCOC(=O)c1ccccc1OC(C)=O)C(C)C.CC(=O)O[C@H]1[C@H](COC=O)C(COC=O)OC(CC(=O)C(C)C)[C@@H]1OC(C)=O.CC(=O)Oc1ccccc1C(=O)C(C)C.CC(C)C(=O)[C@@H](C)NC(=O)OC(C)(C)C.Cc1ccc(C(=O)c2ccc(CC(=O)OCC(=O)C(C)C)n2C)cc1. The van der Waals surface area contributed by atoms with E-state index in [0.29, 0.717) is 59.2 Å². The molecule has 7 atom stereocenters. The summed E-state index contributed by atoms with van der Waals surface area (Å²) in [5, 5.41) is 2.51. The molecule has 127 heavy (non-hydrogen) atoms. The van der Waals surface area contributed by atoms with Crippen LogP contribution in [0.15, 0.2) is 133 Å². The highest BCUT2D eigenvalue weighted by molar-refractivity contribution is 6.08. The first-order valence-electron chi connectivity index (χ1n) is 42.9. The molecule has 0 saturated carbocycles. The molecule has 3 unspecified atom stereocenters. The third kappa shape index (κ3) is 44.9. The predicted molar refractivity (Wildman–Crippen MR) is 481 cm³/mol. The summed E-state index contributed by atoms with van der Waals surface area (Å²) in [5.74, 6) is -3.23. The van der Waals surface area contributed by atoms with Crippen LogP contribution >= 0.6 is 0 Å².